The summed E-state index contributed by atoms with van der Waals surface area (Å²) in [5.41, 5.74) is 11.3. The van der Waals surface area contributed by atoms with Crippen molar-refractivity contribution in [2.45, 2.75) is 13.8 Å². The summed E-state index contributed by atoms with van der Waals surface area (Å²) in [4.78, 5) is 7.84. The van der Waals surface area contributed by atoms with Crippen molar-refractivity contribution in [2.24, 2.45) is 0 Å². The van der Waals surface area contributed by atoms with Crippen LogP contribution in [-0.2, 0) is 0 Å². The molecule has 0 aliphatic carbocycles. The fraction of sp³-hybridized carbons (Fsp3) is 0.200. The number of aryl methyl sites for hydroxylation is 2. The van der Waals surface area contributed by atoms with Gasteiger partial charge in [0.2, 0.25) is 0 Å². The van der Waals surface area contributed by atoms with Gasteiger partial charge in [0.05, 0.1) is 0 Å². The highest BCUT2D eigenvalue weighted by molar-refractivity contribution is 6.32. The number of nitrogens with one attached hydrogen (secondary N) is 1. The molecule has 0 fully saturated rings. The van der Waals surface area contributed by atoms with Crippen LogP contribution in [0.1, 0.15) is 11.4 Å². The summed E-state index contributed by atoms with van der Waals surface area (Å²) < 4.78 is 1.88. The van der Waals surface area contributed by atoms with Gasteiger partial charge in [-0.1, -0.05) is 11.6 Å². The van der Waals surface area contributed by atoms with Gasteiger partial charge in [0.15, 0.2) is 11.0 Å². The predicted molar refractivity (Wildman–Crippen MR) is 64.4 cm³/mol. The Labute approximate surface area is 98.2 Å². The van der Waals surface area contributed by atoms with Gasteiger partial charge in [-0.2, -0.15) is 0 Å². The molecule has 3 N–H and O–H groups in total. The van der Waals surface area contributed by atoms with Crippen LogP contribution in [0.25, 0.3) is 0 Å². The molecule has 0 saturated heterocycles. The standard InChI is InChI=1S/C10H12ClN5/c1-6-3-4-7(2)16(6)15-10-8(12)9(11)13-5-14-10/h3-5H,12H2,1-2H3,(H,13,14,15). The van der Waals surface area contributed by atoms with Gasteiger partial charge in [-0.15, -0.1) is 0 Å². The van der Waals surface area contributed by atoms with Crippen LogP contribution in [0.15, 0.2) is 18.5 Å². The van der Waals surface area contributed by atoms with E-state index in [0.29, 0.717) is 11.5 Å². The van der Waals surface area contributed by atoms with E-state index in [1.165, 1.54) is 6.33 Å². The van der Waals surface area contributed by atoms with Crippen LogP contribution in [0.5, 0.6) is 0 Å². The number of rotatable bonds is 2. The molecule has 2 aromatic rings. The van der Waals surface area contributed by atoms with Crippen LogP contribution in [0.2, 0.25) is 5.15 Å². The fourth-order valence-electron chi connectivity index (χ4n) is 1.41. The van der Waals surface area contributed by atoms with E-state index in [4.69, 9.17) is 17.3 Å². The number of hydrogen-bond acceptors (Lipinski definition) is 4. The molecular formula is C10H12ClN5. The number of anilines is 2. The van der Waals surface area contributed by atoms with Gasteiger partial charge >= 0.3 is 0 Å². The molecule has 2 aromatic heterocycles. The van der Waals surface area contributed by atoms with Crippen LogP contribution < -0.4 is 11.2 Å². The van der Waals surface area contributed by atoms with E-state index in [2.05, 4.69) is 15.4 Å². The molecule has 2 heterocycles. The molecule has 0 aromatic carbocycles. The molecule has 2 rings (SSSR count). The molecule has 0 atom stereocenters. The zero-order valence-electron chi connectivity index (χ0n) is 9.03. The lowest BCUT2D eigenvalue weighted by Gasteiger charge is -2.13. The van der Waals surface area contributed by atoms with Crippen molar-refractivity contribution < 1.29 is 0 Å². The average Bonchev–Trinajstić information content (AvgIpc) is 2.56. The zero-order chi connectivity index (χ0) is 11.7. The van der Waals surface area contributed by atoms with Crippen LogP contribution in [-0.4, -0.2) is 14.6 Å². The highest BCUT2D eigenvalue weighted by atomic mass is 35.5. The van der Waals surface area contributed by atoms with Gasteiger partial charge in [-0.05, 0) is 26.0 Å². The third kappa shape index (κ3) is 1.81. The van der Waals surface area contributed by atoms with E-state index < -0.39 is 0 Å². The van der Waals surface area contributed by atoms with Crippen molar-refractivity contribution in [1.29, 1.82) is 0 Å². The number of hydrogen-bond donors (Lipinski definition) is 2. The van der Waals surface area contributed by atoms with Crippen molar-refractivity contribution >= 4 is 23.1 Å². The monoisotopic (exact) mass is 237 g/mol. The highest BCUT2D eigenvalue weighted by Crippen LogP contribution is 2.22. The largest absolute Gasteiger partial charge is 0.393 e. The van der Waals surface area contributed by atoms with Crippen molar-refractivity contribution in [3.05, 3.63) is 35.0 Å². The van der Waals surface area contributed by atoms with E-state index in [-0.39, 0.29) is 5.15 Å². The summed E-state index contributed by atoms with van der Waals surface area (Å²) in [5, 5.41) is 0.250. The molecule has 0 radical (unpaired) electrons. The Kier molecular flexibility index (Phi) is 2.70. The number of nitrogens with two attached hydrogens (primary N) is 1. The molecule has 0 unspecified atom stereocenters. The van der Waals surface area contributed by atoms with E-state index in [1.807, 2.05) is 30.7 Å². The minimum atomic E-state index is 0.250. The summed E-state index contributed by atoms with van der Waals surface area (Å²) in [6.07, 6.45) is 1.37. The summed E-state index contributed by atoms with van der Waals surface area (Å²) in [6, 6.07) is 4.00. The topological polar surface area (TPSA) is 68.8 Å². The minimum absolute atomic E-state index is 0.250. The van der Waals surface area contributed by atoms with Crippen molar-refractivity contribution in [2.75, 3.05) is 11.2 Å². The Bertz CT molecular complexity index is 500. The second-order valence-electron chi connectivity index (χ2n) is 3.49. The first kappa shape index (κ1) is 10.8. The first-order valence-corrected chi connectivity index (χ1v) is 5.15. The normalized spacial score (nSPS) is 10.4. The maximum Gasteiger partial charge on any atom is 0.173 e. The number of nitrogen functional groups attached to an aromatic ring is 1. The van der Waals surface area contributed by atoms with E-state index in [0.717, 1.165) is 11.4 Å². The van der Waals surface area contributed by atoms with Crippen LogP contribution in [0, 0.1) is 13.8 Å². The second-order valence-corrected chi connectivity index (χ2v) is 3.85. The lowest BCUT2D eigenvalue weighted by molar-refractivity contribution is 0.869. The summed E-state index contributed by atoms with van der Waals surface area (Å²) in [5.74, 6) is 0.502. The molecule has 0 amide bonds. The Morgan fingerprint density at radius 2 is 1.88 bits per heavy atom. The molecule has 5 nitrogen and oxygen atoms in total. The summed E-state index contributed by atoms with van der Waals surface area (Å²) in [6.45, 7) is 3.97. The maximum atomic E-state index is 5.81. The maximum absolute atomic E-state index is 5.81. The van der Waals surface area contributed by atoms with Gasteiger partial charge in [0.1, 0.15) is 12.0 Å². The smallest absolute Gasteiger partial charge is 0.173 e. The SMILES string of the molecule is Cc1ccc(C)n1Nc1ncnc(Cl)c1N. The van der Waals surface area contributed by atoms with E-state index >= 15 is 0 Å². The molecule has 0 aliphatic heterocycles. The molecule has 0 spiro atoms. The third-order valence-electron chi connectivity index (χ3n) is 2.32. The fourth-order valence-corrected chi connectivity index (χ4v) is 1.55. The molecule has 6 heteroatoms. The second kappa shape index (κ2) is 4.02. The Balaban J connectivity index is 2.38. The quantitative estimate of drug-likeness (QED) is 0.784. The molecule has 0 bridgehead atoms. The summed E-state index contributed by atoms with van der Waals surface area (Å²) in [7, 11) is 0. The Morgan fingerprint density at radius 3 is 2.50 bits per heavy atom. The lowest BCUT2D eigenvalue weighted by Crippen LogP contribution is -2.15. The number of nitrogens with zero attached hydrogens (tertiary/aromatic N) is 3. The first-order chi connectivity index (χ1) is 7.59. The average molecular weight is 238 g/mol. The molecule has 0 saturated carbocycles. The van der Waals surface area contributed by atoms with Crippen molar-refractivity contribution in [3.63, 3.8) is 0 Å². The van der Waals surface area contributed by atoms with Gasteiger partial charge in [-0.25, -0.2) is 9.97 Å². The first-order valence-electron chi connectivity index (χ1n) is 4.77. The van der Waals surface area contributed by atoms with Crippen molar-refractivity contribution in [1.82, 2.24) is 14.6 Å². The Hall–Kier alpha value is -1.75. The highest BCUT2D eigenvalue weighted by Gasteiger charge is 2.07. The molecule has 0 aliphatic rings. The van der Waals surface area contributed by atoms with Gasteiger partial charge in [0.25, 0.3) is 0 Å². The van der Waals surface area contributed by atoms with Crippen LogP contribution >= 0.6 is 11.6 Å². The van der Waals surface area contributed by atoms with Crippen LogP contribution in [0.3, 0.4) is 0 Å². The molecular weight excluding hydrogens is 226 g/mol. The molecule has 16 heavy (non-hydrogen) atoms. The van der Waals surface area contributed by atoms with Gasteiger partial charge in [-0.3, -0.25) is 10.1 Å². The van der Waals surface area contributed by atoms with Crippen LogP contribution in [0.4, 0.5) is 11.5 Å². The van der Waals surface area contributed by atoms with E-state index in [1.54, 1.807) is 0 Å². The Morgan fingerprint density at radius 1 is 1.25 bits per heavy atom. The predicted octanol–water partition coefficient (Wildman–Crippen LogP) is 2.01. The van der Waals surface area contributed by atoms with E-state index in [9.17, 15) is 0 Å². The third-order valence-corrected chi connectivity index (χ3v) is 2.63. The summed E-state index contributed by atoms with van der Waals surface area (Å²) >= 11 is 5.81. The number of halogens is 1. The van der Waals surface area contributed by atoms with Gasteiger partial charge < -0.3 is 5.73 Å². The van der Waals surface area contributed by atoms with Crippen molar-refractivity contribution in [3.8, 4) is 0 Å². The van der Waals surface area contributed by atoms with Gasteiger partial charge in [0, 0.05) is 11.4 Å². The minimum Gasteiger partial charge on any atom is -0.393 e. The zero-order valence-corrected chi connectivity index (χ0v) is 9.78. The molecule has 84 valence electrons. The lowest BCUT2D eigenvalue weighted by atomic mass is 10.5. The number of aromatic nitrogens is 3.